The van der Waals surface area contributed by atoms with Crippen LogP contribution in [-0.2, 0) is 0 Å². The van der Waals surface area contributed by atoms with Gasteiger partial charge in [-0.25, -0.2) is 0 Å². The molecule has 0 radical (unpaired) electrons. The molecule has 0 fully saturated rings. The Balaban J connectivity index is 1.51. The van der Waals surface area contributed by atoms with Crippen LogP contribution in [0.5, 0.6) is 0 Å². The highest BCUT2D eigenvalue weighted by atomic mass is 14.6. The topological polar surface area (TPSA) is 12.9 Å². The first-order valence-corrected chi connectivity index (χ1v) is 11.3. The fraction of sp³-hybridized carbons (Fsp3) is 0.0312. The van der Waals surface area contributed by atoms with Crippen LogP contribution in [0.4, 0.5) is 0 Å². The van der Waals surface area contributed by atoms with E-state index in [1.807, 2.05) is 12.3 Å². The molecular formula is C32H23N. The van der Waals surface area contributed by atoms with Gasteiger partial charge in [-0.1, -0.05) is 103 Å². The molecule has 1 heteroatoms. The molecule has 0 amide bonds. The smallest absolute Gasteiger partial charge is 0.0708 e. The summed E-state index contributed by atoms with van der Waals surface area (Å²) in [6.45, 7) is 2.14. The molecule has 0 N–H and O–H groups in total. The molecule has 6 rings (SSSR count). The van der Waals surface area contributed by atoms with Gasteiger partial charge in [0.1, 0.15) is 0 Å². The van der Waals surface area contributed by atoms with Gasteiger partial charge < -0.3 is 0 Å². The van der Waals surface area contributed by atoms with Gasteiger partial charge in [0.25, 0.3) is 0 Å². The summed E-state index contributed by atoms with van der Waals surface area (Å²) in [7, 11) is 0. The Labute approximate surface area is 194 Å². The third kappa shape index (κ3) is 3.58. The van der Waals surface area contributed by atoms with Crippen molar-refractivity contribution in [2.75, 3.05) is 0 Å². The van der Waals surface area contributed by atoms with Crippen molar-refractivity contribution < 1.29 is 0 Å². The first-order valence-electron chi connectivity index (χ1n) is 11.3. The standard InChI is InChI=1S/C32H23N/c1-22-7-4-10-26(19-22)31-21-32-27(11-6-18-33-32)20-30(31)25-16-14-24(15-17-25)29-13-5-9-23-8-2-3-12-28(23)29/h2-21H,1H3. The second-order valence-electron chi connectivity index (χ2n) is 8.57. The molecule has 0 aliphatic carbocycles. The van der Waals surface area contributed by atoms with Crippen LogP contribution in [0, 0.1) is 6.92 Å². The summed E-state index contributed by atoms with van der Waals surface area (Å²) in [5, 5.41) is 3.70. The molecule has 156 valence electrons. The van der Waals surface area contributed by atoms with E-state index in [-0.39, 0.29) is 0 Å². The molecule has 6 aromatic rings. The average Bonchev–Trinajstić information content (AvgIpc) is 2.88. The number of benzene rings is 5. The largest absolute Gasteiger partial charge is 0.256 e. The second kappa shape index (κ2) is 8.03. The number of hydrogen-bond donors (Lipinski definition) is 0. The van der Waals surface area contributed by atoms with Crippen molar-refractivity contribution in [2.24, 2.45) is 0 Å². The van der Waals surface area contributed by atoms with E-state index in [2.05, 4.69) is 121 Å². The number of hydrogen-bond acceptors (Lipinski definition) is 1. The van der Waals surface area contributed by atoms with Crippen LogP contribution in [0.25, 0.3) is 55.1 Å². The van der Waals surface area contributed by atoms with Gasteiger partial charge in [-0.3, -0.25) is 4.98 Å². The molecule has 0 spiro atoms. The van der Waals surface area contributed by atoms with Gasteiger partial charge in [0, 0.05) is 11.6 Å². The summed E-state index contributed by atoms with van der Waals surface area (Å²) in [4.78, 5) is 4.61. The Bertz CT molecular complexity index is 1600. The summed E-state index contributed by atoms with van der Waals surface area (Å²) < 4.78 is 0. The highest BCUT2D eigenvalue weighted by molar-refractivity contribution is 5.98. The fourth-order valence-electron chi connectivity index (χ4n) is 4.72. The van der Waals surface area contributed by atoms with Crippen LogP contribution in [-0.4, -0.2) is 4.98 Å². The van der Waals surface area contributed by atoms with Gasteiger partial charge in [0.05, 0.1) is 5.52 Å². The number of rotatable bonds is 3. The van der Waals surface area contributed by atoms with Crippen molar-refractivity contribution in [3.8, 4) is 33.4 Å². The van der Waals surface area contributed by atoms with Crippen molar-refractivity contribution in [1.29, 1.82) is 0 Å². The van der Waals surface area contributed by atoms with Crippen LogP contribution >= 0.6 is 0 Å². The van der Waals surface area contributed by atoms with Crippen LogP contribution in [0.15, 0.2) is 121 Å². The molecule has 0 saturated carbocycles. The highest BCUT2D eigenvalue weighted by Gasteiger charge is 2.11. The zero-order valence-electron chi connectivity index (χ0n) is 18.5. The maximum atomic E-state index is 4.61. The Morgan fingerprint density at radius 3 is 2.03 bits per heavy atom. The van der Waals surface area contributed by atoms with E-state index in [1.54, 1.807) is 0 Å². The number of fused-ring (bicyclic) bond motifs is 2. The molecule has 33 heavy (non-hydrogen) atoms. The summed E-state index contributed by atoms with van der Waals surface area (Å²) in [5.74, 6) is 0. The van der Waals surface area contributed by atoms with E-state index in [4.69, 9.17) is 0 Å². The summed E-state index contributed by atoms with van der Waals surface area (Å²) in [6, 6.07) is 41.4. The van der Waals surface area contributed by atoms with Crippen LogP contribution in [0.1, 0.15) is 5.56 Å². The summed E-state index contributed by atoms with van der Waals surface area (Å²) in [5.41, 5.74) is 9.64. The zero-order valence-corrected chi connectivity index (χ0v) is 18.5. The van der Waals surface area contributed by atoms with E-state index in [0.29, 0.717) is 0 Å². The Hall–Kier alpha value is -4.23. The van der Waals surface area contributed by atoms with E-state index in [0.717, 1.165) is 10.9 Å². The van der Waals surface area contributed by atoms with E-state index in [9.17, 15) is 0 Å². The maximum absolute atomic E-state index is 4.61. The number of aryl methyl sites for hydroxylation is 1. The third-order valence-corrected chi connectivity index (χ3v) is 6.37. The maximum Gasteiger partial charge on any atom is 0.0708 e. The second-order valence-corrected chi connectivity index (χ2v) is 8.57. The number of aromatic nitrogens is 1. The molecule has 0 atom stereocenters. The third-order valence-electron chi connectivity index (χ3n) is 6.37. The lowest BCUT2D eigenvalue weighted by atomic mass is 9.91. The SMILES string of the molecule is Cc1cccc(-c2cc3ncccc3cc2-c2ccc(-c3cccc4ccccc34)cc2)c1. The van der Waals surface area contributed by atoms with Crippen molar-refractivity contribution in [3.63, 3.8) is 0 Å². The average molecular weight is 422 g/mol. The summed E-state index contributed by atoms with van der Waals surface area (Å²) in [6.07, 6.45) is 1.86. The molecule has 1 nitrogen and oxygen atoms in total. The molecule has 0 aliphatic heterocycles. The van der Waals surface area contributed by atoms with Crippen molar-refractivity contribution >= 4 is 21.7 Å². The first-order chi connectivity index (χ1) is 16.3. The highest BCUT2D eigenvalue weighted by Crippen LogP contribution is 2.37. The lowest BCUT2D eigenvalue weighted by molar-refractivity contribution is 1.41. The minimum Gasteiger partial charge on any atom is -0.256 e. The Morgan fingerprint density at radius 1 is 0.485 bits per heavy atom. The van der Waals surface area contributed by atoms with Gasteiger partial charge in [0.2, 0.25) is 0 Å². The van der Waals surface area contributed by atoms with Crippen LogP contribution < -0.4 is 0 Å². The van der Waals surface area contributed by atoms with Crippen molar-refractivity contribution in [2.45, 2.75) is 6.92 Å². The van der Waals surface area contributed by atoms with Crippen LogP contribution in [0.2, 0.25) is 0 Å². The van der Waals surface area contributed by atoms with E-state index in [1.165, 1.54) is 49.7 Å². The monoisotopic (exact) mass is 421 g/mol. The lowest BCUT2D eigenvalue weighted by Gasteiger charge is -2.14. The van der Waals surface area contributed by atoms with Gasteiger partial charge in [-0.15, -0.1) is 0 Å². The normalized spacial score (nSPS) is 11.2. The van der Waals surface area contributed by atoms with Crippen LogP contribution in [0.3, 0.4) is 0 Å². The predicted molar refractivity (Wildman–Crippen MR) is 140 cm³/mol. The summed E-state index contributed by atoms with van der Waals surface area (Å²) >= 11 is 0. The minimum absolute atomic E-state index is 1.02. The molecule has 0 aliphatic rings. The van der Waals surface area contributed by atoms with Gasteiger partial charge in [0.15, 0.2) is 0 Å². The molecule has 1 heterocycles. The molecule has 0 unspecified atom stereocenters. The van der Waals surface area contributed by atoms with E-state index < -0.39 is 0 Å². The Kier molecular flexibility index (Phi) is 4.74. The van der Waals surface area contributed by atoms with Crippen molar-refractivity contribution in [1.82, 2.24) is 4.98 Å². The first kappa shape index (κ1) is 19.5. The molecule has 1 aromatic heterocycles. The number of pyridine rings is 1. The fourth-order valence-corrected chi connectivity index (χ4v) is 4.72. The van der Waals surface area contributed by atoms with Gasteiger partial charge in [-0.2, -0.15) is 0 Å². The lowest BCUT2D eigenvalue weighted by Crippen LogP contribution is -1.89. The Morgan fingerprint density at radius 2 is 1.18 bits per heavy atom. The van der Waals surface area contributed by atoms with E-state index >= 15 is 0 Å². The van der Waals surface area contributed by atoms with Gasteiger partial charge >= 0.3 is 0 Å². The van der Waals surface area contributed by atoms with Crippen molar-refractivity contribution in [3.05, 3.63) is 127 Å². The molecule has 5 aromatic carbocycles. The predicted octanol–water partition coefficient (Wildman–Crippen LogP) is 8.70. The number of nitrogens with zero attached hydrogens (tertiary/aromatic N) is 1. The molecule has 0 saturated heterocycles. The molecular weight excluding hydrogens is 398 g/mol. The van der Waals surface area contributed by atoms with Gasteiger partial charge in [-0.05, 0) is 69.3 Å². The molecule has 0 bridgehead atoms. The zero-order chi connectivity index (χ0) is 22.2. The minimum atomic E-state index is 1.02. The quantitative estimate of drug-likeness (QED) is 0.278.